The molecule has 1 fully saturated rings. The van der Waals surface area contributed by atoms with Gasteiger partial charge >= 0.3 is 7.82 Å². The summed E-state index contributed by atoms with van der Waals surface area (Å²) in [4.78, 5) is 45.5. The fourth-order valence-corrected chi connectivity index (χ4v) is 4.60. The minimum absolute atomic E-state index is 0.0631. The van der Waals surface area contributed by atoms with Gasteiger partial charge in [-0.2, -0.15) is 5.26 Å². The zero-order chi connectivity index (χ0) is 26.4. The van der Waals surface area contributed by atoms with E-state index in [0.717, 1.165) is 29.5 Å². The molecule has 10 heteroatoms. The molecule has 1 atom stereocenters. The monoisotopic (exact) mass is 519 g/mol. The molecule has 3 N–H and O–H groups in total. The molecule has 9 nitrogen and oxygen atoms in total. The minimum Gasteiger partial charge on any atom is -0.404 e. The Morgan fingerprint density at radius 1 is 1.00 bits per heavy atom. The van der Waals surface area contributed by atoms with Crippen LogP contribution in [-0.4, -0.2) is 39.1 Å². The van der Waals surface area contributed by atoms with Gasteiger partial charge in [0.05, 0.1) is 11.6 Å². The first kappa shape index (κ1) is 26.1. The van der Waals surface area contributed by atoms with E-state index in [1.807, 2.05) is 36.4 Å². The molecule has 0 saturated carbocycles. The van der Waals surface area contributed by atoms with Crippen LogP contribution < -0.4 is 9.84 Å². The highest BCUT2D eigenvalue weighted by Gasteiger charge is 2.28. The quantitative estimate of drug-likeness (QED) is 0.401. The standard InChI is InChI=1S/C27H26N3O6P/c28-17-19-4-8-21(9-5-19)22-10-6-20(7-11-22)18-30-16-2-1-3-25(27(30)32)29-26(31)23-12-14-24(15-13-23)36-37(33,34)35/h4-15,25H,1-3,16,18H2,(H,29,31)(H2,33,34,35)/t25-/m0/s1. The Bertz CT molecular complexity index is 1340. The Morgan fingerprint density at radius 3 is 2.22 bits per heavy atom. The fourth-order valence-electron chi connectivity index (χ4n) is 4.20. The first-order chi connectivity index (χ1) is 17.7. The summed E-state index contributed by atoms with van der Waals surface area (Å²) in [5, 5.41) is 11.8. The first-order valence-corrected chi connectivity index (χ1v) is 13.3. The number of carbonyl (C=O) groups is 2. The van der Waals surface area contributed by atoms with Gasteiger partial charge in [-0.25, -0.2) is 4.57 Å². The van der Waals surface area contributed by atoms with Crippen molar-refractivity contribution in [2.24, 2.45) is 0 Å². The highest BCUT2D eigenvalue weighted by molar-refractivity contribution is 7.46. The van der Waals surface area contributed by atoms with Gasteiger partial charge in [0.2, 0.25) is 5.91 Å². The van der Waals surface area contributed by atoms with Gasteiger partial charge in [-0.3, -0.25) is 19.4 Å². The number of carbonyl (C=O) groups excluding carboxylic acids is 2. The van der Waals surface area contributed by atoms with Crippen LogP contribution in [0.25, 0.3) is 11.1 Å². The summed E-state index contributed by atoms with van der Waals surface area (Å²) in [5.74, 6) is -0.662. The molecule has 3 aromatic carbocycles. The van der Waals surface area contributed by atoms with E-state index >= 15 is 0 Å². The molecule has 0 aliphatic carbocycles. The van der Waals surface area contributed by atoms with E-state index in [0.29, 0.717) is 25.1 Å². The van der Waals surface area contributed by atoms with Gasteiger partial charge in [0.25, 0.3) is 5.91 Å². The molecule has 1 aliphatic rings. The molecule has 4 rings (SSSR count). The van der Waals surface area contributed by atoms with E-state index in [1.54, 1.807) is 17.0 Å². The molecule has 0 unspecified atom stereocenters. The van der Waals surface area contributed by atoms with Crippen molar-refractivity contribution in [2.75, 3.05) is 6.54 Å². The highest BCUT2D eigenvalue weighted by Crippen LogP contribution is 2.37. The second kappa shape index (κ2) is 11.4. The second-order valence-corrected chi connectivity index (χ2v) is 9.94. The van der Waals surface area contributed by atoms with Crippen LogP contribution in [0.3, 0.4) is 0 Å². The summed E-state index contributed by atoms with van der Waals surface area (Å²) in [7, 11) is -4.69. The van der Waals surface area contributed by atoms with Crippen molar-refractivity contribution in [3.8, 4) is 22.9 Å². The van der Waals surface area contributed by atoms with Gasteiger partial charge in [0.1, 0.15) is 11.8 Å². The topological polar surface area (TPSA) is 140 Å². The van der Waals surface area contributed by atoms with E-state index in [1.165, 1.54) is 24.3 Å². The second-order valence-electron chi connectivity index (χ2n) is 8.77. The lowest BCUT2D eigenvalue weighted by molar-refractivity contribution is -0.133. The maximum atomic E-state index is 13.3. The van der Waals surface area contributed by atoms with Crippen molar-refractivity contribution in [2.45, 2.75) is 31.8 Å². The molecular formula is C27H26N3O6P. The molecule has 190 valence electrons. The van der Waals surface area contributed by atoms with Crippen LogP contribution in [0.4, 0.5) is 0 Å². The summed E-state index contributed by atoms with van der Waals surface area (Å²) in [6, 6.07) is 22.1. The first-order valence-electron chi connectivity index (χ1n) is 11.8. The van der Waals surface area contributed by atoms with Crippen molar-refractivity contribution in [1.82, 2.24) is 10.2 Å². The molecule has 3 aromatic rings. The Labute approximate surface area is 214 Å². The van der Waals surface area contributed by atoms with E-state index in [2.05, 4.69) is 15.9 Å². The predicted octanol–water partition coefficient (Wildman–Crippen LogP) is 4.01. The van der Waals surface area contributed by atoms with E-state index in [4.69, 9.17) is 15.0 Å². The average Bonchev–Trinajstić information content (AvgIpc) is 3.05. The third kappa shape index (κ3) is 7.05. The predicted molar refractivity (Wildman–Crippen MR) is 136 cm³/mol. The number of nitrogens with zero attached hydrogens (tertiary/aromatic N) is 2. The average molecular weight is 519 g/mol. The molecule has 1 saturated heterocycles. The minimum atomic E-state index is -4.69. The van der Waals surface area contributed by atoms with Crippen LogP contribution >= 0.6 is 7.82 Å². The Morgan fingerprint density at radius 2 is 1.62 bits per heavy atom. The number of hydrogen-bond acceptors (Lipinski definition) is 5. The number of nitriles is 1. The van der Waals surface area contributed by atoms with Crippen LogP contribution in [-0.2, 0) is 15.9 Å². The van der Waals surface area contributed by atoms with Gasteiger partial charge in [0.15, 0.2) is 0 Å². The molecule has 0 radical (unpaired) electrons. The zero-order valence-corrected chi connectivity index (χ0v) is 20.8. The lowest BCUT2D eigenvalue weighted by Crippen LogP contribution is -2.47. The number of rotatable bonds is 7. The van der Waals surface area contributed by atoms with Crippen LogP contribution in [0, 0.1) is 11.3 Å². The molecule has 1 heterocycles. The van der Waals surface area contributed by atoms with Crippen molar-refractivity contribution in [3.63, 3.8) is 0 Å². The zero-order valence-electron chi connectivity index (χ0n) is 19.9. The molecular weight excluding hydrogens is 493 g/mol. The largest absolute Gasteiger partial charge is 0.524 e. The van der Waals surface area contributed by atoms with E-state index < -0.39 is 19.8 Å². The third-order valence-corrected chi connectivity index (χ3v) is 6.55. The summed E-state index contributed by atoms with van der Waals surface area (Å²) >= 11 is 0. The summed E-state index contributed by atoms with van der Waals surface area (Å²) < 4.78 is 15.5. The number of hydrogen-bond donors (Lipinski definition) is 3. The van der Waals surface area contributed by atoms with Crippen molar-refractivity contribution in [1.29, 1.82) is 5.26 Å². The fraction of sp³-hybridized carbons (Fsp3) is 0.222. The number of likely N-dealkylation sites (tertiary alicyclic amines) is 1. The molecule has 0 spiro atoms. The number of phosphoric acid groups is 1. The maximum absolute atomic E-state index is 13.3. The molecule has 2 amide bonds. The van der Waals surface area contributed by atoms with E-state index in [-0.39, 0.29) is 17.2 Å². The highest BCUT2D eigenvalue weighted by atomic mass is 31.2. The van der Waals surface area contributed by atoms with Gasteiger partial charge in [0, 0.05) is 18.7 Å². The van der Waals surface area contributed by atoms with Crippen LogP contribution in [0.2, 0.25) is 0 Å². The van der Waals surface area contributed by atoms with Gasteiger partial charge in [-0.15, -0.1) is 0 Å². The number of nitrogens with one attached hydrogen (secondary N) is 1. The van der Waals surface area contributed by atoms with Gasteiger partial charge < -0.3 is 14.7 Å². The maximum Gasteiger partial charge on any atom is 0.524 e. The lowest BCUT2D eigenvalue weighted by atomic mass is 10.0. The SMILES string of the molecule is N#Cc1ccc(-c2ccc(CN3CCCC[C@H](NC(=O)c4ccc(OP(=O)(O)O)cc4)C3=O)cc2)cc1. The third-order valence-electron chi connectivity index (χ3n) is 6.10. The summed E-state index contributed by atoms with van der Waals surface area (Å²) in [5.41, 5.74) is 3.84. The van der Waals surface area contributed by atoms with Gasteiger partial charge in [-0.05, 0) is 72.4 Å². The lowest BCUT2D eigenvalue weighted by Gasteiger charge is -2.25. The normalized spacial score (nSPS) is 16.0. The van der Waals surface area contributed by atoms with Crippen molar-refractivity contribution >= 4 is 19.6 Å². The number of phosphoric ester groups is 1. The summed E-state index contributed by atoms with van der Waals surface area (Å²) in [6.45, 7) is 1.02. The van der Waals surface area contributed by atoms with Crippen LogP contribution in [0.15, 0.2) is 72.8 Å². The van der Waals surface area contributed by atoms with Crippen LogP contribution in [0.5, 0.6) is 5.75 Å². The molecule has 0 bridgehead atoms. The molecule has 1 aliphatic heterocycles. The smallest absolute Gasteiger partial charge is 0.404 e. The Hall–Kier alpha value is -3.96. The Balaban J connectivity index is 1.39. The van der Waals surface area contributed by atoms with Crippen molar-refractivity contribution < 1.29 is 28.5 Å². The number of amides is 2. The van der Waals surface area contributed by atoms with Gasteiger partial charge in [-0.1, -0.05) is 36.4 Å². The summed E-state index contributed by atoms with van der Waals surface area (Å²) in [6.07, 6.45) is 2.15. The molecule has 0 aromatic heterocycles. The number of benzene rings is 3. The van der Waals surface area contributed by atoms with Crippen LogP contribution in [0.1, 0.15) is 40.7 Å². The van der Waals surface area contributed by atoms with Crippen molar-refractivity contribution in [3.05, 3.63) is 89.5 Å². The van der Waals surface area contributed by atoms with E-state index in [9.17, 15) is 14.2 Å². The Kier molecular flexibility index (Phi) is 8.04. The molecule has 37 heavy (non-hydrogen) atoms.